The Labute approximate surface area is 123 Å². The van der Waals surface area contributed by atoms with Gasteiger partial charge in [-0.25, -0.2) is 0 Å². The van der Waals surface area contributed by atoms with Crippen LogP contribution >= 0.6 is 27.7 Å². The van der Waals surface area contributed by atoms with Crippen LogP contribution in [0.1, 0.15) is 38.2 Å². The summed E-state index contributed by atoms with van der Waals surface area (Å²) in [6, 6.07) is 10.2. The number of rotatable bonds is 6. The van der Waals surface area contributed by atoms with E-state index in [2.05, 4.69) is 59.4 Å². The summed E-state index contributed by atoms with van der Waals surface area (Å²) in [6.45, 7) is 4.53. The van der Waals surface area contributed by atoms with Crippen molar-refractivity contribution in [2.45, 2.75) is 44.7 Å². The smallest absolute Gasteiger partial charge is 0.0175 e. The van der Waals surface area contributed by atoms with Crippen LogP contribution in [0.3, 0.4) is 0 Å². The minimum absolute atomic E-state index is 0.644. The second kappa shape index (κ2) is 6.97. The lowest BCUT2D eigenvalue weighted by Crippen LogP contribution is -2.45. The molecule has 0 amide bonds. The molecule has 100 valence electrons. The Bertz CT molecular complexity index is 359. The average Bonchev–Trinajstić information content (AvgIpc) is 2.32. The molecule has 1 unspecified atom stereocenters. The monoisotopic (exact) mass is 327 g/mol. The van der Waals surface area contributed by atoms with Crippen molar-refractivity contribution in [2.24, 2.45) is 0 Å². The molecule has 1 aromatic carbocycles. The molecule has 0 aromatic heterocycles. The molecule has 1 aromatic rings. The molecule has 1 atom stereocenters. The van der Waals surface area contributed by atoms with Crippen LogP contribution in [-0.4, -0.2) is 23.6 Å². The zero-order valence-electron chi connectivity index (χ0n) is 11.2. The Morgan fingerprint density at radius 3 is 2.61 bits per heavy atom. The Hall–Kier alpha value is 0.01000. The first-order valence-corrected chi connectivity index (χ1v) is 8.73. The Kier molecular flexibility index (Phi) is 5.58. The SMILES string of the molecule is CCSCC(C)NC1CC(c2ccc(Br)cc2)C1. The number of benzene rings is 1. The van der Waals surface area contributed by atoms with E-state index in [0.29, 0.717) is 6.04 Å². The fourth-order valence-corrected chi connectivity index (χ4v) is 3.46. The minimum atomic E-state index is 0.644. The van der Waals surface area contributed by atoms with Crippen molar-refractivity contribution < 1.29 is 0 Å². The lowest BCUT2D eigenvalue weighted by atomic mass is 9.75. The van der Waals surface area contributed by atoms with E-state index >= 15 is 0 Å². The van der Waals surface area contributed by atoms with E-state index in [4.69, 9.17) is 0 Å². The minimum Gasteiger partial charge on any atom is -0.311 e. The van der Waals surface area contributed by atoms with Crippen LogP contribution in [-0.2, 0) is 0 Å². The van der Waals surface area contributed by atoms with Crippen LogP contribution < -0.4 is 5.32 Å². The van der Waals surface area contributed by atoms with Gasteiger partial charge in [-0.05, 0) is 49.1 Å². The molecule has 0 bridgehead atoms. The first kappa shape index (κ1) is 14.4. The number of halogens is 1. The van der Waals surface area contributed by atoms with E-state index in [1.807, 2.05) is 11.8 Å². The molecule has 0 aliphatic heterocycles. The third-order valence-corrected chi connectivity index (χ3v) is 5.24. The van der Waals surface area contributed by atoms with Crippen molar-refractivity contribution in [3.63, 3.8) is 0 Å². The third-order valence-electron chi connectivity index (χ3n) is 3.57. The van der Waals surface area contributed by atoms with E-state index in [1.54, 1.807) is 0 Å². The van der Waals surface area contributed by atoms with Gasteiger partial charge in [0.1, 0.15) is 0 Å². The van der Waals surface area contributed by atoms with Gasteiger partial charge in [0.25, 0.3) is 0 Å². The molecule has 0 radical (unpaired) electrons. The summed E-state index contributed by atoms with van der Waals surface area (Å²) in [5.74, 6) is 3.22. The number of hydrogen-bond donors (Lipinski definition) is 1. The van der Waals surface area contributed by atoms with Gasteiger partial charge >= 0.3 is 0 Å². The molecule has 1 fully saturated rings. The Morgan fingerprint density at radius 1 is 1.33 bits per heavy atom. The van der Waals surface area contributed by atoms with Gasteiger partial charge in [-0.2, -0.15) is 11.8 Å². The van der Waals surface area contributed by atoms with Crippen LogP contribution in [0.15, 0.2) is 28.7 Å². The molecule has 0 saturated heterocycles. The largest absolute Gasteiger partial charge is 0.311 e. The predicted molar refractivity (Wildman–Crippen MR) is 85.5 cm³/mol. The topological polar surface area (TPSA) is 12.0 Å². The Balaban J connectivity index is 1.72. The summed E-state index contributed by atoms with van der Waals surface area (Å²) >= 11 is 5.51. The lowest BCUT2D eigenvalue weighted by molar-refractivity contribution is 0.276. The highest BCUT2D eigenvalue weighted by Gasteiger charge is 2.30. The summed E-state index contributed by atoms with van der Waals surface area (Å²) in [5, 5.41) is 3.73. The molecule has 0 spiro atoms. The summed E-state index contributed by atoms with van der Waals surface area (Å²) < 4.78 is 1.17. The average molecular weight is 328 g/mol. The second-order valence-corrected chi connectivity index (χ2v) is 7.38. The lowest BCUT2D eigenvalue weighted by Gasteiger charge is -2.38. The van der Waals surface area contributed by atoms with Crippen LogP contribution in [0.2, 0.25) is 0 Å². The van der Waals surface area contributed by atoms with Gasteiger partial charge < -0.3 is 5.32 Å². The fraction of sp³-hybridized carbons (Fsp3) is 0.600. The molecule has 1 N–H and O–H groups in total. The van der Waals surface area contributed by atoms with Gasteiger partial charge in [0.15, 0.2) is 0 Å². The maximum Gasteiger partial charge on any atom is 0.0175 e. The van der Waals surface area contributed by atoms with Crippen molar-refractivity contribution in [1.82, 2.24) is 5.32 Å². The van der Waals surface area contributed by atoms with E-state index in [1.165, 1.54) is 34.4 Å². The molecule has 3 heteroatoms. The van der Waals surface area contributed by atoms with Crippen molar-refractivity contribution in [1.29, 1.82) is 0 Å². The molecule has 18 heavy (non-hydrogen) atoms. The van der Waals surface area contributed by atoms with Crippen LogP contribution in [0.5, 0.6) is 0 Å². The maximum absolute atomic E-state index is 3.73. The van der Waals surface area contributed by atoms with Gasteiger partial charge in [0.05, 0.1) is 0 Å². The highest BCUT2D eigenvalue weighted by atomic mass is 79.9. The highest BCUT2D eigenvalue weighted by molar-refractivity contribution is 9.10. The first-order chi connectivity index (χ1) is 8.69. The quantitative estimate of drug-likeness (QED) is 0.829. The van der Waals surface area contributed by atoms with Crippen LogP contribution in [0, 0.1) is 0 Å². The van der Waals surface area contributed by atoms with Crippen molar-refractivity contribution in [3.05, 3.63) is 34.3 Å². The summed E-state index contributed by atoms with van der Waals surface area (Å²) in [5.41, 5.74) is 1.49. The third kappa shape index (κ3) is 4.01. The van der Waals surface area contributed by atoms with E-state index in [9.17, 15) is 0 Å². The molecule has 1 saturated carbocycles. The summed E-state index contributed by atoms with van der Waals surface area (Å²) in [4.78, 5) is 0. The zero-order valence-corrected chi connectivity index (χ0v) is 13.6. The molecular formula is C15H22BrNS. The Morgan fingerprint density at radius 2 is 2.00 bits per heavy atom. The van der Waals surface area contributed by atoms with Gasteiger partial charge in [0, 0.05) is 22.3 Å². The summed E-state index contributed by atoms with van der Waals surface area (Å²) in [6.07, 6.45) is 2.59. The predicted octanol–water partition coefficient (Wildman–Crippen LogP) is 4.43. The van der Waals surface area contributed by atoms with Crippen molar-refractivity contribution in [3.8, 4) is 0 Å². The van der Waals surface area contributed by atoms with E-state index in [0.717, 1.165) is 12.0 Å². The highest BCUT2D eigenvalue weighted by Crippen LogP contribution is 2.37. The van der Waals surface area contributed by atoms with Gasteiger partial charge in [-0.3, -0.25) is 0 Å². The van der Waals surface area contributed by atoms with Gasteiger partial charge in [-0.1, -0.05) is 35.0 Å². The van der Waals surface area contributed by atoms with Gasteiger partial charge in [0.2, 0.25) is 0 Å². The molecule has 2 rings (SSSR count). The van der Waals surface area contributed by atoms with E-state index in [-0.39, 0.29) is 0 Å². The van der Waals surface area contributed by atoms with Crippen LogP contribution in [0.4, 0.5) is 0 Å². The van der Waals surface area contributed by atoms with Crippen molar-refractivity contribution >= 4 is 27.7 Å². The van der Waals surface area contributed by atoms with Crippen LogP contribution in [0.25, 0.3) is 0 Å². The zero-order chi connectivity index (χ0) is 13.0. The molecule has 1 aliphatic rings. The fourth-order valence-electron chi connectivity index (χ4n) is 2.51. The molecule has 1 aliphatic carbocycles. The number of hydrogen-bond acceptors (Lipinski definition) is 2. The second-order valence-electron chi connectivity index (χ2n) is 5.14. The van der Waals surface area contributed by atoms with E-state index < -0.39 is 0 Å². The molecule has 1 nitrogen and oxygen atoms in total. The number of nitrogens with one attached hydrogen (secondary N) is 1. The molecule has 0 heterocycles. The first-order valence-electron chi connectivity index (χ1n) is 6.78. The van der Waals surface area contributed by atoms with Gasteiger partial charge in [-0.15, -0.1) is 0 Å². The normalized spacial score (nSPS) is 24.6. The molecular weight excluding hydrogens is 306 g/mol. The standard InChI is InChI=1S/C15H22BrNS/c1-3-18-10-11(2)17-15-8-13(9-15)12-4-6-14(16)7-5-12/h4-7,11,13,15,17H,3,8-10H2,1-2H3. The number of thioether (sulfide) groups is 1. The summed E-state index contributed by atoms with van der Waals surface area (Å²) in [7, 11) is 0. The maximum atomic E-state index is 3.73. The van der Waals surface area contributed by atoms with Crippen molar-refractivity contribution in [2.75, 3.05) is 11.5 Å².